The van der Waals surface area contributed by atoms with E-state index in [0.717, 1.165) is 11.1 Å². The molecule has 1 aliphatic heterocycles. The molecular weight excluding hydrogens is 364 g/mol. The molecule has 0 saturated heterocycles. The van der Waals surface area contributed by atoms with Crippen LogP contribution in [-0.4, -0.2) is 30.1 Å². The number of hydrogen-bond donors (Lipinski definition) is 1. The van der Waals surface area contributed by atoms with E-state index in [1.807, 2.05) is 42.5 Å². The van der Waals surface area contributed by atoms with E-state index in [9.17, 15) is 9.59 Å². The quantitative estimate of drug-likeness (QED) is 0.781. The van der Waals surface area contributed by atoms with E-state index in [-0.39, 0.29) is 24.6 Å². The van der Waals surface area contributed by atoms with Gasteiger partial charge in [-0.25, -0.2) is 9.59 Å². The fraction of sp³-hybridized carbons (Fsp3) is 0.300. The van der Waals surface area contributed by atoms with E-state index in [2.05, 4.69) is 0 Å². The van der Waals surface area contributed by atoms with Gasteiger partial charge in [-0.3, -0.25) is 4.90 Å². The Morgan fingerprint density at radius 3 is 2.70 bits per heavy atom. The molecule has 0 fully saturated rings. The lowest BCUT2D eigenvalue weighted by atomic mass is 9.94. The summed E-state index contributed by atoms with van der Waals surface area (Å²) < 4.78 is 10.5. The number of hydrogen-bond acceptors (Lipinski definition) is 6. The maximum Gasteiger partial charge on any atom is 0.414 e. The summed E-state index contributed by atoms with van der Waals surface area (Å²) in [6.07, 6.45) is 3.91. The number of anilines is 1. The van der Waals surface area contributed by atoms with Gasteiger partial charge in [0.15, 0.2) is 0 Å². The SMILES string of the molecule is CCOC(=O)c1sc(N)cc1C1C=CN(C(=O)OCc2ccccc2)CC1. The van der Waals surface area contributed by atoms with E-state index in [4.69, 9.17) is 15.2 Å². The highest BCUT2D eigenvalue weighted by atomic mass is 32.1. The monoisotopic (exact) mass is 386 g/mol. The van der Waals surface area contributed by atoms with Crippen LogP contribution in [0.2, 0.25) is 0 Å². The second-order valence-electron chi connectivity index (χ2n) is 6.12. The standard InChI is InChI=1S/C20H22N2O4S/c1-2-25-19(23)18-16(12-17(21)27-18)15-8-10-22(11-9-15)20(24)26-13-14-6-4-3-5-7-14/h3-8,10,12,15H,2,9,11,13,21H2,1H3. The number of allylic oxidation sites excluding steroid dienone is 1. The zero-order valence-corrected chi connectivity index (χ0v) is 15.9. The molecule has 1 amide bonds. The van der Waals surface area contributed by atoms with Crippen molar-refractivity contribution in [3.63, 3.8) is 0 Å². The van der Waals surface area contributed by atoms with Crippen molar-refractivity contribution in [2.45, 2.75) is 25.9 Å². The number of rotatable bonds is 5. The molecule has 0 spiro atoms. The van der Waals surface area contributed by atoms with Gasteiger partial charge in [0.1, 0.15) is 11.5 Å². The van der Waals surface area contributed by atoms with Crippen LogP contribution in [0.3, 0.4) is 0 Å². The Morgan fingerprint density at radius 2 is 2.04 bits per heavy atom. The minimum atomic E-state index is -0.385. The Hall–Kier alpha value is -2.80. The second-order valence-corrected chi connectivity index (χ2v) is 7.21. The van der Waals surface area contributed by atoms with E-state index < -0.39 is 0 Å². The number of nitrogens with zero attached hydrogens (tertiary/aromatic N) is 1. The lowest BCUT2D eigenvalue weighted by Gasteiger charge is -2.25. The molecule has 6 nitrogen and oxygen atoms in total. The van der Waals surface area contributed by atoms with Crippen LogP contribution in [0, 0.1) is 0 Å². The minimum absolute atomic E-state index is 0.0103. The summed E-state index contributed by atoms with van der Waals surface area (Å²) in [6, 6.07) is 11.4. The molecule has 0 aliphatic carbocycles. The predicted molar refractivity (Wildman–Crippen MR) is 105 cm³/mol. The number of amides is 1. The summed E-state index contributed by atoms with van der Waals surface area (Å²) in [4.78, 5) is 26.4. The molecule has 2 N–H and O–H groups in total. The molecule has 0 radical (unpaired) electrons. The molecule has 2 heterocycles. The molecule has 1 aromatic heterocycles. The zero-order valence-electron chi connectivity index (χ0n) is 15.1. The highest BCUT2D eigenvalue weighted by Crippen LogP contribution is 2.35. The van der Waals surface area contributed by atoms with Crippen LogP contribution < -0.4 is 5.73 Å². The van der Waals surface area contributed by atoms with Gasteiger partial charge in [0.2, 0.25) is 0 Å². The first kappa shape index (κ1) is 19.0. The van der Waals surface area contributed by atoms with E-state index in [1.165, 1.54) is 11.3 Å². The first-order chi connectivity index (χ1) is 13.1. The highest BCUT2D eigenvalue weighted by molar-refractivity contribution is 7.17. The molecule has 1 atom stereocenters. The maximum absolute atomic E-state index is 12.2. The lowest BCUT2D eigenvalue weighted by Crippen LogP contribution is -2.31. The van der Waals surface area contributed by atoms with Gasteiger partial charge in [-0.05, 0) is 30.5 Å². The normalized spacial score (nSPS) is 16.2. The molecule has 27 heavy (non-hydrogen) atoms. The molecule has 142 valence electrons. The van der Waals surface area contributed by atoms with Crippen LogP contribution in [0.5, 0.6) is 0 Å². The van der Waals surface area contributed by atoms with Crippen molar-refractivity contribution >= 4 is 28.4 Å². The van der Waals surface area contributed by atoms with Crippen LogP contribution in [0.4, 0.5) is 9.80 Å². The molecule has 1 unspecified atom stereocenters. The average molecular weight is 386 g/mol. The van der Waals surface area contributed by atoms with Crippen molar-refractivity contribution in [2.75, 3.05) is 18.9 Å². The third-order valence-corrected chi connectivity index (χ3v) is 5.22. The Kier molecular flexibility index (Phi) is 6.13. The van der Waals surface area contributed by atoms with Crippen molar-refractivity contribution in [2.24, 2.45) is 0 Å². The topological polar surface area (TPSA) is 81.9 Å². The molecular formula is C20H22N2O4S. The Morgan fingerprint density at radius 1 is 1.26 bits per heavy atom. The average Bonchev–Trinajstić information content (AvgIpc) is 3.09. The van der Waals surface area contributed by atoms with Crippen molar-refractivity contribution in [3.8, 4) is 0 Å². The first-order valence-corrected chi connectivity index (χ1v) is 9.62. The number of thiophene rings is 1. The summed E-state index contributed by atoms with van der Waals surface area (Å²) in [5.74, 6) is -0.344. The Labute approximate surface area is 162 Å². The third-order valence-electron chi connectivity index (χ3n) is 4.26. The molecule has 0 saturated carbocycles. The summed E-state index contributed by atoms with van der Waals surface area (Å²) >= 11 is 1.23. The van der Waals surface area contributed by atoms with Crippen molar-refractivity contribution in [1.82, 2.24) is 4.90 Å². The number of carbonyl (C=O) groups is 2. The highest BCUT2D eigenvalue weighted by Gasteiger charge is 2.26. The van der Waals surface area contributed by atoms with Gasteiger partial charge in [0.25, 0.3) is 0 Å². The number of esters is 1. The van der Waals surface area contributed by atoms with E-state index in [0.29, 0.717) is 29.5 Å². The molecule has 1 aromatic carbocycles. The number of ether oxygens (including phenoxy) is 2. The van der Waals surface area contributed by atoms with Crippen molar-refractivity contribution in [3.05, 3.63) is 64.7 Å². The number of carbonyl (C=O) groups excluding carboxylic acids is 2. The molecule has 3 rings (SSSR count). The smallest absolute Gasteiger partial charge is 0.414 e. The Bertz CT molecular complexity index is 832. The molecule has 1 aliphatic rings. The lowest BCUT2D eigenvalue weighted by molar-refractivity contribution is 0.0530. The molecule has 0 bridgehead atoms. The van der Waals surface area contributed by atoms with E-state index in [1.54, 1.807) is 18.0 Å². The van der Waals surface area contributed by atoms with Gasteiger partial charge in [0.05, 0.1) is 11.6 Å². The summed E-state index contributed by atoms with van der Waals surface area (Å²) in [6.45, 7) is 2.83. The largest absolute Gasteiger partial charge is 0.462 e. The number of nitrogen functional groups attached to an aromatic ring is 1. The van der Waals surface area contributed by atoms with Crippen LogP contribution in [0.25, 0.3) is 0 Å². The maximum atomic E-state index is 12.2. The van der Waals surface area contributed by atoms with E-state index >= 15 is 0 Å². The molecule has 7 heteroatoms. The number of nitrogens with two attached hydrogens (primary N) is 1. The van der Waals surface area contributed by atoms with Crippen molar-refractivity contribution in [1.29, 1.82) is 0 Å². The third kappa shape index (κ3) is 4.68. The summed E-state index contributed by atoms with van der Waals surface area (Å²) in [7, 11) is 0. The minimum Gasteiger partial charge on any atom is -0.462 e. The van der Waals surface area contributed by atoms with Crippen LogP contribution in [-0.2, 0) is 16.1 Å². The van der Waals surface area contributed by atoms with Gasteiger partial charge >= 0.3 is 12.1 Å². The van der Waals surface area contributed by atoms with Crippen LogP contribution in [0.1, 0.15) is 40.1 Å². The second kappa shape index (κ2) is 8.73. The molecule has 2 aromatic rings. The first-order valence-electron chi connectivity index (χ1n) is 8.80. The van der Waals surface area contributed by atoms with Gasteiger partial charge in [-0.15, -0.1) is 11.3 Å². The van der Waals surface area contributed by atoms with Crippen LogP contribution >= 0.6 is 11.3 Å². The summed E-state index contributed by atoms with van der Waals surface area (Å²) in [5.41, 5.74) is 7.69. The predicted octanol–water partition coefficient (Wildman–Crippen LogP) is 4.15. The number of benzene rings is 1. The van der Waals surface area contributed by atoms with Crippen LogP contribution in [0.15, 0.2) is 48.7 Å². The van der Waals surface area contributed by atoms with Gasteiger partial charge < -0.3 is 15.2 Å². The fourth-order valence-corrected chi connectivity index (χ4v) is 3.82. The zero-order chi connectivity index (χ0) is 19.2. The van der Waals surface area contributed by atoms with Gasteiger partial charge in [0, 0.05) is 18.7 Å². The van der Waals surface area contributed by atoms with Crippen molar-refractivity contribution < 1.29 is 19.1 Å². The van der Waals surface area contributed by atoms with Gasteiger partial charge in [-0.1, -0.05) is 36.4 Å². The van der Waals surface area contributed by atoms with Gasteiger partial charge in [-0.2, -0.15) is 0 Å². The summed E-state index contributed by atoms with van der Waals surface area (Å²) in [5, 5.41) is 0.575. The fourth-order valence-electron chi connectivity index (χ4n) is 2.93. The Balaban J connectivity index is 1.63.